The Hall–Kier alpha value is -0.860. The van der Waals surface area contributed by atoms with Gasteiger partial charge in [0.2, 0.25) is 0 Å². The van der Waals surface area contributed by atoms with Gasteiger partial charge in [0.25, 0.3) is 0 Å². The maximum Gasteiger partial charge on any atom is 0.0841 e. The molecule has 1 aromatic carbocycles. The van der Waals surface area contributed by atoms with Crippen LogP contribution in [0.3, 0.4) is 0 Å². The lowest BCUT2D eigenvalue weighted by molar-refractivity contribution is -0.0113. The molecule has 1 fully saturated rings. The zero-order valence-corrected chi connectivity index (χ0v) is 11.9. The minimum atomic E-state index is -0.545. The van der Waals surface area contributed by atoms with Crippen LogP contribution in [0.5, 0.6) is 0 Å². The van der Waals surface area contributed by atoms with Crippen LogP contribution in [0, 0.1) is 5.92 Å². The maximum atomic E-state index is 11.1. The van der Waals surface area contributed by atoms with Crippen molar-refractivity contribution in [2.45, 2.75) is 63.6 Å². The molecule has 1 saturated carbocycles. The third-order valence-electron chi connectivity index (χ3n) is 5.19. The van der Waals surface area contributed by atoms with Crippen LogP contribution in [-0.2, 0) is 6.54 Å². The normalized spacial score (nSPS) is 34.8. The minimum absolute atomic E-state index is 0.138. The summed E-state index contributed by atoms with van der Waals surface area (Å²) in [6.07, 6.45) is 6.76. The number of fused-ring (bicyclic) bond motifs is 1. The lowest BCUT2D eigenvalue weighted by atomic mass is 9.82. The van der Waals surface area contributed by atoms with Gasteiger partial charge in [-0.2, -0.15) is 0 Å². The Labute approximate surface area is 116 Å². The molecule has 0 radical (unpaired) electrons. The van der Waals surface area contributed by atoms with Gasteiger partial charge in [-0.05, 0) is 36.3 Å². The Kier molecular flexibility index (Phi) is 3.64. The Bertz CT molecular complexity index is 445. The standard InChI is InChI=1S/C17H25NO/c1-2-13-6-5-10-17(19,11-9-13)16-15-8-4-3-7-14(15)12-18-16/h3-4,7-8,13,16,18-19H,2,5-6,9-12H2,1H3. The van der Waals surface area contributed by atoms with Gasteiger partial charge in [-0.1, -0.05) is 50.5 Å². The lowest BCUT2D eigenvalue weighted by Gasteiger charge is -2.34. The molecule has 2 nitrogen and oxygen atoms in total. The van der Waals surface area contributed by atoms with Crippen LogP contribution in [-0.4, -0.2) is 10.7 Å². The van der Waals surface area contributed by atoms with E-state index in [2.05, 4.69) is 36.5 Å². The molecule has 2 N–H and O–H groups in total. The van der Waals surface area contributed by atoms with E-state index < -0.39 is 5.60 Å². The van der Waals surface area contributed by atoms with E-state index in [4.69, 9.17) is 0 Å². The molecule has 3 unspecified atom stereocenters. The van der Waals surface area contributed by atoms with Crippen LogP contribution in [0.2, 0.25) is 0 Å². The quantitative estimate of drug-likeness (QED) is 0.796. The van der Waals surface area contributed by atoms with Crippen LogP contribution >= 0.6 is 0 Å². The van der Waals surface area contributed by atoms with Crippen molar-refractivity contribution in [2.75, 3.05) is 0 Å². The molecule has 1 aromatic rings. The minimum Gasteiger partial charge on any atom is -0.388 e. The Morgan fingerprint density at radius 2 is 2.11 bits per heavy atom. The van der Waals surface area contributed by atoms with Gasteiger partial charge in [0, 0.05) is 6.54 Å². The van der Waals surface area contributed by atoms with Crippen molar-refractivity contribution in [3.8, 4) is 0 Å². The van der Waals surface area contributed by atoms with Crippen LogP contribution < -0.4 is 5.32 Å². The van der Waals surface area contributed by atoms with Crippen molar-refractivity contribution in [1.82, 2.24) is 5.32 Å². The fraction of sp³-hybridized carbons (Fsp3) is 0.647. The van der Waals surface area contributed by atoms with Gasteiger partial charge in [0.1, 0.15) is 0 Å². The summed E-state index contributed by atoms with van der Waals surface area (Å²) in [5.41, 5.74) is 2.13. The second-order valence-electron chi connectivity index (χ2n) is 6.32. The number of aliphatic hydroxyl groups is 1. The first kappa shape index (κ1) is 13.1. The molecule has 0 aromatic heterocycles. The van der Waals surface area contributed by atoms with Crippen molar-refractivity contribution >= 4 is 0 Å². The second kappa shape index (κ2) is 5.26. The predicted octanol–water partition coefficient (Wildman–Crippen LogP) is 3.55. The number of nitrogens with one attached hydrogen (secondary N) is 1. The van der Waals surface area contributed by atoms with Crippen molar-refractivity contribution < 1.29 is 5.11 Å². The number of hydrogen-bond donors (Lipinski definition) is 2. The Morgan fingerprint density at radius 1 is 1.26 bits per heavy atom. The van der Waals surface area contributed by atoms with Crippen LogP contribution in [0.1, 0.15) is 62.6 Å². The van der Waals surface area contributed by atoms with Gasteiger partial charge in [0.05, 0.1) is 11.6 Å². The topological polar surface area (TPSA) is 32.3 Å². The molecule has 2 aliphatic rings. The van der Waals surface area contributed by atoms with Gasteiger partial charge >= 0.3 is 0 Å². The molecule has 3 atom stereocenters. The van der Waals surface area contributed by atoms with E-state index in [-0.39, 0.29) is 6.04 Å². The van der Waals surface area contributed by atoms with Gasteiger partial charge in [-0.15, -0.1) is 0 Å². The molecule has 1 aliphatic carbocycles. The Morgan fingerprint density at radius 3 is 2.95 bits per heavy atom. The fourth-order valence-electron chi connectivity index (χ4n) is 3.90. The molecule has 104 valence electrons. The SMILES string of the molecule is CCC1CCCC(O)(C2NCc3ccccc32)CC1. The fourth-order valence-corrected chi connectivity index (χ4v) is 3.90. The highest BCUT2D eigenvalue weighted by Crippen LogP contribution is 2.42. The summed E-state index contributed by atoms with van der Waals surface area (Å²) in [4.78, 5) is 0. The molecule has 0 spiro atoms. The number of rotatable bonds is 2. The number of hydrogen-bond acceptors (Lipinski definition) is 2. The van der Waals surface area contributed by atoms with E-state index >= 15 is 0 Å². The monoisotopic (exact) mass is 259 g/mol. The smallest absolute Gasteiger partial charge is 0.0841 e. The molecule has 1 heterocycles. The van der Waals surface area contributed by atoms with Gasteiger partial charge in [0.15, 0.2) is 0 Å². The molecule has 3 rings (SSSR count). The highest BCUT2D eigenvalue weighted by molar-refractivity contribution is 5.35. The largest absolute Gasteiger partial charge is 0.388 e. The average Bonchev–Trinajstić information content (AvgIpc) is 2.78. The van der Waals surface area contributed by atoms with Crippen LogP contribution in [0.25, 0.3) is 0 Å². The summed E-state index contributed by atoms with van der Waals surface area (Å²) in [6.45, 7) is 3.18. The molecule has 2 heteroatoms. The molecule has 0 saturated heterocycles. The predicted molar refractivity (Wildman–Crippen MR) is 77.8 cm³/mol. The maximum absolute atomic E-state index is 11.1. The summed E-state index contributed by atoms with van der Waals surface area (Å²) in [7, 11) is 0. The van der Waals surface area contributed by atoms with E-state index in [9.17, 15) is 5.11 Å². The first-order valence-corrected chi connectivity index (χ1v) is 7.76. The van der Waals surface area contributed by atoms with E-state index in [1.54, 1.807) is 0 Å². The third-order valence-corrected chi connectivity index (χ3v) is 5.19. The Balaban J connectivity index is 1.82. The highest BCUT2D eigenvalue weighted by atomic mass is 16.3. The molecular formula is C17H25NO. The van der Waals surface area contributed by atoms with E-state index in [0.29, 0.717) is 0 Å². The van der Waals surface area contributed by atoms with Crippen molar-refractivity contribution in [2.24, 2.45) is 5.92 Å². The van der Waals surface area contributed by atoms with E-state index in [0.717, 1.165) is 31.7 Å². The van der Waals surface area contributed by atoms with Crippen molar-refractivity contribution in [3.63, 3.8) is 0 Å². The summed E-state index contributed by atoms with van der Waals surface area (Å²) in [5, 5.41) is 14.7. The van der Waals surface area contributed by atoms with Gasteiger partial charge in [-0.3, -0.25) is 0 Å². The average molecular weight is 259 g/mol. The zero-order chi connectivity index (χ0) is 13.3. The molecule has 0 amide bonds. The van der Waals surface area contributed by atoms with Crippen molar-refractivity contribution in [3.05, 3.63) is 35.4 Å². The first-order chi connectivity index (χ1) is 9.23. The summed E-state index contributed by atoms with van der Waals surface area (Å²) in [6, 6.07) is 8.68. The lowest BCUT2D eigenvalue weighted by Crippen LogP contribution is -2.40. The summed E-state index contributed by atoms with van der Waals surface area (Å²) in [5.74, 6) is 0.811. The summed E-state index contributed by atoms with van der Waals surface area (Å²) < 4.78 is 0. The van der Waals surface area contributed by atoms with Gasteiger partial charge in [-0.25, -0.2) is 0 Å². The summed E-state index contributed by atoms with van der Waals surface area (Å²) >= 11 is 0. The third kappa shape index (κ3) is 2.44. The van der Waals surface area contributed by atoms with Crippen molar-refractivity contribution in [1.29, 1.82) is 0 Å². The van der Waals surface area contributed by atoms with E-state index in [1.807, 2.05) is 0 Å². The molecule has 1 aliphatic heterocycles. The second-order valence-corrected chi connectivity index (χ2v) is 6.32. The van der Waals surface area contributed by atoms with E-state index in [1.165, 1.54) is 30.4 Å². The molecule has 0 bridgehead atoms. The van der Waals surface area contributed by atoms with Crippen LogP contribution in [0.15, 0.2) is 24.3 Å². The number of benzene rings is 1. The highest BCUT2D eigenvalue weighted by Gasteiger charge is 2.41. The molecular weight excluding hydrogens is 234 g/mol. The van der Waals surface area contributed by atoms with Crippen LogP contribution in [0.4, 0.5) is 0 Å². The molecule has 19 heavy (non-hydrogen) atoms. The van der Waals surface area contributed by atoms with Gasteiger partial charge < -0.3 is 10.4 Å². The first-order valence-electron chi connectivity index (χ1n) is 7.76. The zero-order valence-electron chi connectivity index (χ0n) is 11.9.